The molecule has 2 aromatic rings. The third kappa shape index (κ3) is 6.66. The van der Waals surface area contributed by atoms with E-state index in [2.05, 4.69) is 10.6 Å². The van der Waals surface area contributed by atoms with Crippen LogP contribution < -0.4 is 15.8 Å². The predicted molar refractivity (Wildman–Crippen MR) is 125 cm³/mol. The predicted octanol–water partition coefficient (Wildman–Crippen LogP) is 3.46. The first-order chi connectivity index (χ1) is 15.1. The van der Waals surface area contributed by atoms with Gasteiger partial charge < -0.3 is 10.6 Å². The molecule has 1 aliphatic heterocycles. The van der Waals surface area contributed by atoms with E-state index in [9.17, 15) is 18.0 Å². The number of halogens is 2. The highest BCUT2D eigenvalue weighted by molar-refractivity contribution is 7.89. The number of piperidine rings is 1. The topological polar surface area (TPSA) is 122 Å². The molecule has 2 amide bonds. The van der Waals surface area contributed by atoms with Crippen molar-refractivity contribution in [1.82, 2.24) is 4.90 Å². The van der Waals surface area contributed by atoms with Crippen LogP contribution in [-0.4, -0.2) is 44.3 Å². The maximum Gasteiger partial charge on any atom is 0.241 e. The second-order valence-electron chi connectivity index (χ2n) is 7.54. The van der Waals surface area contributed by atoms with Crippen molar-refractivity contribution in [2.24, 2.45) is 5.14 Å². The van der Waals surface area contributed by atoms with Crippen LogP contribution >= 0.6 is 23.2 Å². The Morgan fingerprint density at radius 3 is 2.50 bits per heavy atom. The van der Waals surface area contributed by atoms with Crippen molar-refractivity contribution in [2.75, 3.05) is 23.7 Å². The number of benzene rings is 2. The molecule has 0 aromatic heterocycles. The molecule has 2 aromatic carbocycles. The Morgan fingerprint density at radius 1 is 1.03 bits per heavy atom. The molecule has 0 spiro atoms. The molecule has 0 bridgehead atoms. The fraction of sp³-hybridized carbons (Fsp3) is 0.333. The zero-order chi connectivity index (χ0) is 23.3. The van der Waals surface area contributed by atoms with Gasteiger partial charge in [0, 0.05) is 24.3 Å². The summed E-state index contributed by atoms with van der Waals surface area (Å²) in [6.07, 6.45) is 2.69. The number of nitrogens with two attached hydrogens (primary N) is 1. The molecule has 8 nitrogen and oxygen atoms in total. The van der Waals surface area contributed by atoms with Gasteiger partial charge in [0.25, 0.3) is 0 Å². The van der Waals surface area contributed by atoms with Gasteiger partial charge in [0.15, 0.2) is 0 Å². The van der Waals surface area contributed by atoms with Crippen LogP contribution in [0.1, 0.15) is 25.7 Å². The standard InChI is InChI=1S/C21H24Cl2N4O4S/c22-17-8-7-15(13-18(17)23)26-21(29)19-6-1-2-10-27(19)11-9-20(28)25-14-4-3-5-16(12-14)32(24,30)31/h3-5,7-8,12-13,19H,1-2,6,9-11H2,(H,25,28)(H,26,29)(H2,24,30,31). The van der Waals surface area contributed by atoms with E-state index in [1.807, 2.05) is 4.90 Å². The summed E-state index contributed by atoms with van der Waals surface area (Å²) in [5.41, 5.74) is 0.900. The molecular weight excluding hydrogens is 475 g/mol. The number of anilines is 2. The van der Waals surface area contributed by atoms with E-state index in [0.717, 1.165) is 12.8 Å². The van der Waals surface area contributed by atoms with Gasteiger partial charge in [-0.15, -0.1) is 0 Å². The van der Waals surface area contributed by atoms with Crippen molar-refractivity contribution in [3.63, 3.8) is 0 Å². The van der Waals surface area contributed by atoms with Gasteiger partial charge >= 0.3 is 0 Å². The molecule has 0 saturated carbocycles. The van der Waals surface area contributed by atoms with Crippen molar-refractivity contribution >= 4 is 56.4 Å². The Labute approximate surface area is 197 Å². The first-order valence-electron chi connectivity index (χ1n) is 10.1. The van der Waals surface area contributed by atoms with Gasteiger partial charge in [0.1, 0.15) is 0 Å². The summed E-state index contributed by atoms with van der Waals surface area (Å²) >= 11 is 11.9. The number of carbonyl (C=O) groups excluding carboxylic acids is 2. The fourth-order valence-corrected chi connectivity index (χ4v) is 4.43. The minimum atomic E-state index is -3.86. The van der Waals surface area contributed by atoms with Crippen molar-refractivity contribution < 1.29 is 18.0 Å². The Bertz CT molecular complexity index is 1110. The Morgan fingerprint density at radius 2 is 1.78 bits per heavy atom. The van der Waals surface area contributed by atoms with Gasteiger partial charge in [0.2, 0.25) is 21.8 Å². The molecule has 1 atom stereocenters. The number of sulfonamides is 1. The maximum atomic E-state index is 12.8. The molecule has 1 unspecified atom stereocenters. The molecule has 1 aliphatic rings. The van der Waals surface area contributed by atoms with Gasteiger partial charge in [-0.05, 0) is 55.8 Å². The van der Waals surface area contributed by atoms with Gasteiger partial charge in [-0.3, -0.25) is 14.5 Å². The van der Waals surface area contributed by atoms with Crippen LogP contribution in [0.3, 0.4) is 0 Å². The van der Waals surface area contributed by atoms with Gasteiger partial charge in [-0.25, -0.2) is 13.6 Å². The van der Waals surface area contributed by atoms with Crippen LogP contribution in [0.2, 0.25) is 10.0 Å². The lowest BCUT2D eigenvalue weighted by molar-refractivity contribution is -0.123. The summed E-state index contributed by atoms with van der Waals surface area (Å²) in [5, 5.41) is 11.4. The van der Waals surface area contributed by atoms with Crippen LogP contribution in [-0.2, 0) is 19.6 Å². The van der Waals surface area contributed by atoms with E-state index in [1.54, 1.807) is 24.3 Å². The molecule has 1 saturated heterocycles. The monoisotopic (exact) mass is 498 g/mol. The smallest absolute Gasteiger partial charge is 0.241 e. The lowest BCUT2D eigenvalue weighted by atomic mass is 10.0. The summed E-state index contributed by atoms with van der Waals surface area (Å²) in [4.78, 5) is 27.2. The molecule has 11 heteroatoms. The van der Waals surface area contributed by atoms with E-state index in [1.165, 1.54) is 18.2 Å². The van der Waals surface area contributed by atoms with Crippen molar-refractivity contribution in [2.45, 2.75) is 36.6 Å². The Kier molecular flexibility index (Phi) is 8.13. The molecule has 1 fully saturated rings. The third-order valence-corrected chi connectivity index (χ3v) is 6.83. The molecule has 4 N–H and O–H groups in total. The number of primary sulfonamides is 1. The van der Waals surface area contributed by atoms with Crippen LogP contribution in [0, 0.1) is 0 Å². The second kappa shape index (κ2) is 10.6. The summed E-state index contributed by atoms with van der Waals surface area (Å²) in [6, 6.07) is 10.3. The number of likely N-dealkylation sites (tertiary alicyclic amines) is 1. The normalized spacial score (nSPS) is 17.0. The SMILES string of the molecule is NS(=O)(=O)c1cccc(NC(=O)CCN2CCCCC2C(=O)Nc2ccc(Cl)c(Cl)c2)c1. The van der Waals surface area contributed by atoms with Crippen LogP contribution in [0.4, 0.5) is 11.4 Å². The largest absolute Gasteiger partial charge is 0.326 e. The molecule has 32 heavy (non-hydrogen) atoms. The third-order valence-electron chi connectivity index (χ3n) is 5.18. The summed E-state index contributed by atoms with van der Waals surface area (Å²) < 4.78 is 23.0. The molecule has 0 radical (unpaired) electrons. The molecular formula is C21H24Cl2N4O4S. The number of carbonyl (C=O) groups is 2. The maximum absolute atomic E-state index is 12.8. The molecule has 1 heterocycles. The van der Waals surface area contributed by atoms with Gasteiger partial charge in [0.05, 0.1) is 21.0 Å². The molecule has 172 valence electrons. The van der Waals surface area contributed by atoms with Crippen molar-refractivity contribution in [3.05, 3.63) is 52.5 Å². The lowest BCUT2D eigenvalue weighted by Gasteiger charge is -2.34. The number of amides is 2. The quantitative estimate of drug-likeness (QED) is 0.539. The van der Waals surface area contributed by atoms with Crippen molar-refractivity contribution in [1.29, 1.82) is 0 Å². The van der Waals surface area contributed by atoms with Crippen LogP contribution in [0.5, 0.6) is 0 Å². The summed E-state index contributed by atoms with van der Waals surface area (Å²) in [5.74, 6) is -0.449. The van der Waals surface area contributed by atoms with Crippen LogP contribution in [0.15, 0.2) is 47.4 Å². The number of nitrogens with one attached hydrogen (secondary N) is 2. The average Bonchev–Trinajstić information content (AvgIpc) is 2.74. The number of rotatable bonds is 7. The average molecular weight is 499 g/mol. The highest BCUT2D eigenvalue weighted by Gasteiger charge is 2.29. The number of hydrogen-bond donors (Lipinski definition) is 3. The van der Waals surface area contributed by atoms with E-state index < -0.39 is 10.0 Å². The first kappa shape index (κ1) is 24.5. The lowest BCUT2D eigenvalue weighted by Crippen LogP contribution is -2.47. The molecule has 3 rings (SSSR count). The summed E-state index contributed by atoms with van der Waals surface area (Å²) in [6.45, 7) is 1.09. The molecule has 0 aliphatic carbocycles. The second-order valence-corrected chi connectivity index (χ2v) is 9.91. The highest BCUT2D eigenvalue weighted by Crippen LogP contribution is 2.26. The minimum absolute atomic E-state index is 0.0784. The number of nitrogens with zero attached hydrogens (tertiary/aromatic N) is 1. The van der Waals surface area contributed by atoms with E-state index in [0.29, 0.717) is 40.9 Å². The van der Waals surface area contributed by atoms with Crippen LogP contribution in [0.25, 0.3) is 0 Å². The van der Waals surface area contributed by atoms with Crippen molar-refractivity contribution in [3.8, 4) is 0 Å². The fourth-order valence-electron chi connectivity index (χ4n) is 3.57. The summed E-state index contributed by atoms with van der Waals surface area (Å²) in [7, 11) is -3.86. The van der Waals surface area contributed by atoms with Gasteiger partial charge in [-0.1, -0.05) is 35.7 Å². The Balaban J connectivity index is 1.58. The zero-order valence-electron chi connectivity index (χ0n) is 17.2. The van der Waals surface area contributed by atoms with E-state index >= 15 is 0 Å². The first-order valence-corrected chi connectivity index (χ1v) is 12.4. The number of hydrogen-bond acceptors (Lipinski definition) is 5. The highest BCUT2D eigenvalue weighted by atomic mass is 35.5. The zero-order valence-corrected chi connectivity index (χ0v) is 19.5. The van der Waals surface area contributed by atoms with Gasteiger partial charge in [-0.2, -0.15) is 0 Å². The van der Waals surface area contributed by atoms with E-state index in [-0.39, 0.29) is 29.2 Å². The van der Waals surface area contributed by atoms with E-state index in [4.69, 9.17) is 28.3 Å². The minimum Gasteiger partial charge on any atom is -0.326 e. The Hall–Kier alpha value is -2.17.